The van der Waals surface area contributed by atoms with Crippen LogP contribution in [-0.2, 0) is 0 Å². The number of benzene rings is 2. The summed E-state index contributed by atoms with van der Waals surface area (Å²) in [4.78, 5) is 0. The molecule has 2 aromatic carbocycles. The maximum absolute atomic E-state index is 6.50. The van der Waals surface area contributed by atoms with Crippen molar-refractivity contribution in [1.29, 1.82) is 0 Å². The average Bonchev–Trinajstić information content (AvgIpc) is 2.41. The lowest BCUT2D eigenvalue weighted by Gasteiger charge is -1.92. The van der Waals surface area contributed by atoms with Crippen LogP contribution in [0.4, 0.5) is 0 Å². The van der Waals surface area contributed by atoms with Crippen molar-refractivity contribution in [2.45, 2.75) is 0 Å². The van der Waals surface area contributed by atoms with Crippen molar-refractivity contribution in [3.8, 4) is 0 Å². The Hall–Kier alpha value is -1.90. The molecule has 0 amide bonds. The maximum Gasteiger partial charge on any atom is -0.0256 e. The second-order valence-corrected chi connectivity index (χ2v) is 3.15. The molecule has 2 rings (SSSR count). The minimum absolute atomic E-state index is 1.23. The van der Waals surface area contributed by atoms with Gasteiger partial charge in [0.1, 0.15) is 0 Å². The van der Waals surface area contributed by atoms with Crippen LogP contribution in [0.25, 0.3) is 12.2 Å². The Balaban J connectivity index is 0.000000606. The minimum Gasteiger partial charge on any atom is -0.320 e. The van der Waals surface area contributed by atoms with E-state index in [9.17, 15) is 0 Å². The molecule has 0 radical (unpaired) electrons. The molecule has 82 valence electrons. The van der Waals surface area contributed by atoms with Gasteiger partial charge in [0.25, 0.3) is 0 Å². The van der Waals surface area contributed by atoms with Crippen LogP contribution in [-0.4, -0.2) is 5.21 Å². The van der Waals surface area contributed by atoms with Gasteiger partial charge in [-0.05, 0) is 11.1 Å². The van der Waals surface area contributed by atoms with E-state index in [1.165, 1.54) is 11.1 Å². The first-order valence-corrected chi connectivity index (χ1v) is 4.99. The lowest BCUT2D eigenvalue weighted by Crippen LogP contribution is -1.72. The summed E-state index contributed by atoms with van der Waals surface area (Å²) in [7, 11) is 0. The fourth-order valence-corrected chi connectivity index (χ4v) is 1.32. The molecule has 0 saturated heterocycles. The Bertz CT molecular complexity index is 368. The van der Waals surface area contributed by atoms with Gasteiger partial charge >= 0.3 is 0 Å². The molecule has 0 bridgehead atoms. The standard InChI is InChI=1S/C14H12.H3NO/c1-3-7-13(8-4-1)11-12-14-9-5-2-6-10-14;1-2/h1-12H;2H,1H2/b12-11+;. The summed E-state index contributed by atoms with van der Waals surface area (Å²) in [6.45, 7) is 0. The van der Waals surface area contributed by atoms with Gasteiger partial charge < -0.3 is 5.21 Å². The van der Waals surface area contributed by atoms with Crippen LogP contribution in [0.2, 0.25) is 0 Å². The van der Waals surface area contributed by atoms with Gasteiger partial charge in [0, 0.05) is 0 Å². The van der Waals surface area contributed by atoms with Crippen LogP contribution in [0, 0.1) is 0 Å². The van der Waals surface area contributed by atoms with E-state index < -0.39 is 0 Å². The molecule has 2 aromatic rings. The molecule has 0 fully saturated rings. The lowest BCUT2D eigenvalue weighted by atomic mass is 10.1. The van der Waals surface area contributed by atoms with E-state index in [1.54, 1.807) is 0 Å². The molecule has 2 nitrogen and oxygen atoms in total. The van der Waals surface area contributed by atoms with Gasteiger partial charge in [-0.3, -0.25) is 0 Å². The van der Waals surface area contributed by atoms with Crippen LogP contribution < -0.4 is 5.90 Å². The normalized spacial score (nSPS) is 9.62. The van der Waals surface area contributed by atoms with Crippen LogP contribution in [0.15, 0.2) is 60.7 Å². The number of hydrogen-bond acceptors (Lipinski definition) is 2. The monoisotopic (exact) mass is 213 g/mol. The van der Waals surface area contributed by atoms with Crippen LogP contribution in [0.1, 0.15) is 11.1 Å². The van der Waals surface area contributed by atoms with Gasteiger partial charge in [-0.2, -0.15) is 0 Å². The highest BCUT2D eigenvalue weighted by molar-refractivity contribution is 5.69. The van der Waals surface area contributed by atoms with Crippen molar-refractivity contribution in [3.05, 3.63) is 71.8 Å². The van der Waals surface area contributed by atoms with E-state index in [2.05, 4.69) is 42.3 Å². The molecule has 0 aliphatic carbocycles. The molecule has 0 spiro atoms. The molecular formula is C14H15NO. The first-order chi connectivity index (χ1) is 7.95. The summed E-state index contributed by atoms with van der Waals surface area (Å²) in [5.41, 5.74) is 2.47. The van der Waals surface area contributed by atoms with Crippen LogP contribution in [0.5, 0.6) is 0 Å². The molecule has 0 aliphatic rings. The van der Waals surface area contributed by atoms with Crippen LogP contribution >= 0.6 is 0 Å². The van der Waals surface area contributed by atoms with Gasteiger partial charge in [0.05, 0.1) is 0 Å². The Kier molecular flexibility index (Phi) is 5.63. The second kappa shape index (κ2) is 7.40. The summed E-state index contributed by atoms with van der Waals surface area (Å²) in [6.07, 6.45) is 4.24. The van der Waals surface area contributed by atoms with Gasteiger partial charge in [0.2, 0.25) is 0 Å². The number of nitrogens with two attached hydrogens (primary N) is 1. The van der Waals surface area contributed by atoms with E-state index in [4.69, 9.17) is 5.21 Å². The van der Waals surface area contributed by atoms with Crippen molar-refractivity contribution in [2.24, 2.45) is 5.90 Å². The molecule has 0 aliphatic heterocycles. The summed E-state index contributed by atoms with van der Waals surface area (Å²) in [6, 6.07) is 20.6. The van der Waals surface area contributed by atoms with E-state index in [0.29, 0.717) is 0 Å². The molecule has 0 atom stereocenters. The molecule has 0 unspecified atom stereocenters. The van der Waals surface area contributed by atoms with E-state index in [0.717, 1.165) is 0 Å². The average molecular weight is 213 g/mol. The van der Waals surface area contributed by atoms with Crippen molar-refractivity contribution >= 4 is 12.2 Å². The molecule has 0 saturated carbocycles. The lowest BCUT2D eigenvalue weighted by molar-refractivity contribution is 0.311. The topological polar surface area (TPSA) is 46.2 Å². The SMILES string of the molecule is C(=C\c1ccccc1)/c1ccccc1.NO. The highest BCUT2D eigenvalue weighted by Crippen LogP contribution is 2.06. The van der Waals surface area contributed by atoms with Crippen molar-refractivity contribution in [2.75, 3.05) is 0 Å². The Labute approximate surface area is 95.6 Å². The predicted molar refractivity (Wildman–Crippen MR) is 67.8 cm³/mol. The van der Waals surface area contributed by atoms with E-state index in [-0.39, 0.29) is 0 Å². The highest BCUT2D eigenvalue weighted by Gasteiger charge is 1.84. The minimum atomic E-state index is 1.23. The number of hydrogen-bond donors (Lipinski definition) is 2. The summed E-state index contributed by atoms with van der Waals surface area (Å²) in [5, 5.41) is 6.50. The number of rotatable bonds is 2. The first-order valence-electron chi connectivity index (χ1n) is 4.99. The Morgan fingerprint density at radius 3 is 1.25 bits per heavy atom. The van der Waals surface area contributed by atoms with E-state index in [1.807, 2.05) is 36.4 Å². The molecule has 0 aromatic heterocycles. The van der Waals surface area contributed by atoms with Crippen molar-refractivity contribution < 1.29 is 5.21 Å². The molecule has 16 heavy (non-hydrogen) atoms. The highest BCUT2D eigenvalue weighted by atomic mass is 16.4. The second-order valence-electron chi connectivity index (χ2n) is 3.15. The summed E-state index contributed by atoms with van der Waals surface area (Å²) < 4.78 is 0. The first kappa shape index (κ1) is 12.2. The van der Waals surface area contributed by atoms with Crippen molar-refractivity contribution in [3.63, 3.8) is 0 Å². The third-order valence-electron chi connectivity index (χ3n) is 2.07. The Morgan fingerprint density at radius 1 is 0.625 bits per heavy atom. The third-order valence-corrected chi connectivity index (χ3v) is 2.07. The summed E-state index contributed by atoms with van der Waals surface area (Å²) >= 11 is 0. The zero-order valence-corrected chi connectivity index (χ0v) is 8.95. The Morgan fingerprint density at radius 2 is 0.938 bits per heavy atom. The zero-order valence-electron chi connectivity index (χ0n) is 8.95. The predicted octanol–water partition coefficient (Wildman–Crippen LogP) is 3.19. The molecule has 0 heterocycles. The molecule has 2 heteroatoms. The van der Waals surface area contributed by atoms with Gasteiger partial charge in [-0.25, -0.2) is 5.90 Å². The third kappa shape index (κ3) is 4.09. The summed E-state index contributed by atoms with van der Waals surface area (Å²) in [5.74, 6) is 3.50. The quantitative estimate of drug-likeness (QED) is 0.594. The maximum atomic E-state index is 6.50. The van der Waals surface area contributed by atoms with Gasteiger partial charge in [-0.15, -0.1) is 0 Å². The van der Waals surface area contributed by atoms with E-state index >= 15 is 0 Å². The molecule has 3 N–H and O–H groups in total. The zero-order chi connectivity index (χ0) is 11.6. The van der Waals surface area contributed by atoms with Crippen molar-refractivity contribution in [1.82, 2.24) is 0 Å². The largest absolute Gasteiger partial charge is 0.320 e. The molecular weight excluding hydrogens is 198 g/mol. The van der Waals surface area contributed by atoms with Gasteiger partial charge in [0.15, 0.2) is 0 Å². The van der Waals surface area contributed by atoms with Gasteiger partial charge in [-0.1, -0.05) is 72.8 Å². The fraction of sp³-hybridized carbons (Fsp3) is 0. The smallest absolute Gasteiger partial charge is 0.0256 e. The van der Waals surface area contributed by atoms with Crippen LogP contribution in [0.3, 0.4) is 0 Å². The fourth-order valence-electron chi connectivity index (χ4n) is 1.32.